The smallest absolute Gasteiger partial charge is 0.255 e. The van der Waals surface area contributed by atoms with Crippen LogP contribution < -0.4 is 10.1 Å². The molecular formula is C18H18ClN5O2. The monoisotopic (exact) mass is 371 g/mol. The second kappa shape index (κ2) is 7.97. The van der Waals surface area contributed by atoms with Gasteiger partial charge in [-0.25, -0.2) is 4.68 Å². The fraction of sp³-hybridized carbons (Fsp3) is 0.222. The highest BCUT2D eigenvalue weighted by Gasteiger charge is 2.09. The van der Waals surface area contributed by atoms with E-state index >= 15 is 0 Å². The number of anilines is 1. The summed E-state index contributed by atoms with van der Waals surface area (Å²) >= 11 is 6.08. The number of aryl methyl sites for hydroxylation is 2. The lowest BCUT2D eigenvalue weighted by molar-refractivity contribution is 0.102. The minimum atomic E-state index is -0.216. The number of aromatic nitrogens is 4. The summed E-state index contributed by atoms with van der Waals surface area (Å²) < 4.78 is 7.32. The van der Waals surface area contributed by atoms with Gasteiger partial charge in [0.2, 0.25) is 0 Å². The molecule has 26 heavy (non-hydrogen) atoms. The van der Waals surface area contributed by atoms with E-state index in [4.69, 9.17) is 16.3 Å². The Hall–Kier alpha value is -2.93. The van der Waals surface area contributed by atoms with Crippen LogP contribution in [0.1, 0.15) is 28.7 Å². The lowest BCUT2D eigenvalue weighted by Crippen LogP contribution is -2.12. The third-order valence-corrected chi connectivity index (χ3v) is 4.23. The number of nitrogens with one attached hydrogen (secondary N) is 1. The van der Waals surface area contributed by atoms with E-state index in [-0.39, 0.29) is 12.5 Å². The summed E-state index contributed by atoms with van der Waals surface area (Å²) in [6.45, 7) is 4.79. The summed E-state index contributed by atoms with van der Waals surface area (Å²) in [5.74, 6) is 1.06. The number of hydrogen-bond donors (Lipinski definition) is 1. The van der Waals surface area contributed by atoms with Gasteiger partial charge in [-0.1, -0.05) is 17.7 Å². The van der Waals surface area contributed by atoms with Crippen LogP contribution in [-0.2, 0) is 13.2 Å². The zero-order valence-electron chi connectivity index (χ0n) is 14.4. The number of hydrogen-bond acceptors (Lipinski definition) is 5. The summed E-state index contributed by atoms with van der Waals surface area (Å²) in [7, 11) is 0. The molecule has 1 N–H and O–H groups in total. The lowest BCUT2D eigenvalue weighted by atomic mass is 10.2. The van der Waals surface area contributed by atoms with Gasteiger partial charge in [-0.05, 0) is 66.2 Å². The molecule has 3 rings (SSSR count). The Kier molecular flexibility index (Phi) is 5.48. The molecule has 8 heteroatoms. The molecule has 1 aromatic heterocycles. The first-order chi connectivity index (χ1) is 12.6. The fourth-order valence-corrected chi connectivity index (χ4v) is 2.48. The van der Waals surface area contributed by atoms with Crippen molar-refractivity contribution in [1.82, 2.24) is 20.2 Å². The van der Waals surface area contributed by atoms with Crippen molar-refractivity contribution in [3.05, 3.63) is 64.4 Å². The number of carbonyl (C=O) groups excluding carboxylic acids is 1. The minimum Gasteiger partial charge on any atom is -0.486 e. The topological polar surface area (TPSA) is 81.9 Å². The van der Waals surface area contributed by atoms with E-state index in [2.05, 4.69) is 20.8 Å². The second-order valence-corrected chi connectivity index (χ2v) is 6.05. The molecule has 0 aliphatic rings. The van der Waals surface area contributed by atoms with Crippen molar-refractivity contribution in [2.24, 2.45) is 0 Å². The van der Waals surface area contributed by atoms with Crippen LogP contribution in [0.25, 0.3) is 0 Å². The van der Waals surface area contributed by atoms with Gasteiger partial charge in [0.05, 0.1) is 0 Å². The fourth-order valence-electron chi connectivity index (χ4n) is 2.30. The summed E-state index contributed by atoms with van der Waals surface area (Å²) in [5.41, 5.74) is 2.13. The van der Waals surface area contributed by atoms with E-state index in [0.717, 1.165) is 5.56 Å². The third kappa shape index (κ3) is 4.18. The van der Waals surface area contributed by atoms with Crippen molar-refractivity contribution in [2.75, 3.05) is 5.32 Å². The van der Waals surface area contributed by atoms with Gasteiger partial charge in [0, 0.05) is 22.8 Å². The molecule has 0 spiro atoms. The number of ether oxygens (including phenoxy) is 1. The van der Waals surface area contributed by atoms with E-state index in [1.165, 1.54) is 0 Å². The van der Waals surface area contributed by atoms with Gasteiger partial charge < -0.3 is 10.1 Å². The SMILES string of the molecule is CCn1nnnc1COc1ccc(C(=O)Nc2ccc(C)c(Cl)c2)cc1. The Morgan fingerprint density at radius 2 is 2.00 bits per heavy atom. The molecule has 0 fully saturated rings. The maximum absolute atomic E-state index is 12.3. The van der Waals surface area contributed by atoms with Gasteiger partial charge in [0.15, 0.2) is 5.82 Å². The first-order valence-corrected chi connectivity index (χ1v) is 8.50. The second-order valence-electron chi connectivity index (χ2n) is 5.64. The zero-order chi connectivity index (χ0) is 18.5. The lowest BCUT2D eigenvalue weighted by Gasteiger charge is -2.09. The van der Waals surface area contributed by atoms with E-state index in [9.17, 15) is 4.79 Å². The van der Waals surface area contributed by atoms with Crippen molar-refractivity contribution in [2.45, 2.75) is 27.0 Å². The number of nitrogens with zero attached hydrogens (tertiary/aromatic N) is 4. The quantitative estimate of drug-likeness (QED) is 0.717. The van der Waals surface area contributed by atoms with Crippen LogP contribution in [0, 0.1) is 6.92 Å². The van der Waals surface area contributed by atoms with Crippen LogP contribution in [0.5, 0.6) is 5.75 Å². The highest BCUT2D eigenvalue weighted by Crippen LogP contribution is 2.21. The van der Waals surface area contributed by atoms with Gasteiger partial charge in [-0.3, -0.25) is 4.79 Å². The third-order valence-electron chi connectivity index (χ3n) is 3.82. The Morgan fingerprint density at radius 3 is 2.69 bits per heavy atom. The molecule has 0 aliphatic carbocycles. The highest BCUT2D eigenvalue weighted by atomic mass is 35.5. The summed E-state index contributed by atoms with van der Waals surface area (Å²) in [4.78, 5) is 12.3. The molecule has 0 bridgehead atoms. The molecule has 0 atom stereocenters. The van der Waals surface area contributed by atoms with Crippen LogP contribution >= 0.6 is 11.6 Å². The Labute approximate surface area is 155 Å². The largest absolute Gasteiger partial charge is 0.486 e. The van der Waals surface area contributed by atoms with E-state index < -0.39 is 0 Å². The molecule has 3 aromatic rings. The van der Waals surface area contributed by atoms with Crippen LogP contribution in [-0.4, -0.2) is 26.1 Å². The van der Waals surface area contributed by atoms with Crippen LogP contribution in [0.15, 0.2) is 42.5 Å². The first-order valence-electron chi connectivity index (χ1n) is 8.12. The predicted molar refractivity (Wildman–Crippen MR) is 98.4 cm³/mol. The van der Waals surface area contributed by atoms with Gasteiger partial charge in [0.1, 0.15) is 12.4 Å². The summed E-state index contributed by atoms with van der Waals surface area (Å²) in [6, 6.07) is 12.3. The molecule has 0 unspecified atom stereocenters. The van der Waals surface area contributed by atoms with Gasteiger partial charge in [-0.15, -0.1) is 5.10 Å². The molecule has 7 nitrogen and oxygen atoms in total. The number of amides is 1. The predicted octanol–water partition coefficient (Wildman–Crippen LogP) is 3.49. The molecule has 134 valence electrons. The first kappa shape index (κ1) is 17.9. The van der Waals surface area contributed by atoms with Crippen molar-refractivity contribution in [3.63, 3.8) is 0 Å². The van der Waals surface area contributed by atoms with Gasteiger partial charge >= 0.3 is 0 Å². The van der Waals surface area contributed by atoms with Gasteiger partial charge in [-0.2, -0.15) is 0 Å². The van der Waals surface area contributed by atoms with E-state index in [1.807, 2.05) is 26.0 Å². The van der Waals surface area contributed by atoms with E-state index in [1.54, 1.807) is 35.0 Å². The normalized spacial score (nSPS) is 10.6. The van der Waals surface area contributed by atoms with E-state index in [0.29, 0.717) is 34.4 Å². The summed E-state index contributed by atoms with van der Waals surface area (Å²) in [5, 5.41) is 14.8. The van der Waals surface area contributed by atoms with Crippen LogP contribution in [0.3, 0.4) is 0 Å². The van der Waals surface area contributed by atoms with Gasteiger partial charge in [0.25, 0.3) is 5.91 Å². The Morgan fingerprint density at radius 1 is 1.23 bits per heavy atom. The Bertz CT molecular complexity index is 908. The van der Waals surface area contributed by atoms with Crippen molar-refractivity contribution in [1.29, 1.82) is 0 Å². The zero-order valence-corrected chi connectivity index (χ0v) is 15.2. The van der Waals surface area contributed by atoms with Crippen molar-refractivity contribution in [3.8, 4) is 5.75 Å². The molecule has 1 amide bonds. The van der Waals surface area contributed by atoms with Crippen molar-refractivity contribution < 1.29 is 9.53 Å². The number of benzene rings is 2. The summed E-state index contributed by atoms with van der Waals surface area (Å²) in [6.07, 6.45) is 0. The average molecular weight is 372 g/mol. The molecule has 1 heterocycles. The standard InChI is InChI=1S/C18H18ClN5O2/c1-3-24-17(21-22-23-24)11-26-15-8-5-13(6-9-15)18(25)20-14-7-4-12(2)16(19)10-14/h4-10H,3,11H2,1-2H3,(H,20,25). The maximum atomic E-state index is 12.3. The molecule has 0 saturated carbocycles. The Balaban J connectivity index is 1.61. The maximum Gasteiger partial charge on any atom is 0.255 e. The average Bonchev–Trinajstić information content (AvgIpc) is 3.11. The highest BCUT2D eigenvalue weighted by molar-refractivity contribution is 6.31. The number of halogens is 1. The number of carbonyl (C=O) groups is 1. The molecule has 0 saturated heterocycles. The van der Waals surface area contributed by atoms with Crippen LogP contribution in [0.4, 0.5) is 5.69 Å². The number of rotatable bonds is 6. The molecule has 0 aliphatic heterocycles. The molecule has 2 aromatic carbocycles. The number of tetrazole rings is 1. The van der Waals surface area contributed by atoms with Crippen LogP contribution in [0.2, 0.25) is 5.02 Å². The molecular weight excluding hydrogens is 354 g/mol. The minimum absolute atomic E-state index is 0.216. The molecule has 0 radical (unpaired) electrons. The van der Waals surface area contributed by atoms with Crippen molar-refractivity contribution >= 4 is 23.2 Å².